The molecule has 20 heavy (non-hydrogen) atoms. The van der Waals surface area contributed by atoms with Gasteiger partial charge in [0.2, 0.25) is 5.91 Å². The lowest BCUT2D eigenvalue weighted by Crippen LogP contribution is -2.36. The number of hydrogen-bond donors (Lipinski definition) is 2. The van der Waals surface area contributed by atoms with Gasteiger partial charge >= 0.3 is 0 Å². The Kier molecular flexibility index (Phi) is 5.75. The first kappa shape index (κ1) is 16.2. The fourth-order valence-electron chi connectivity index (χ4n) is 1.51. The molecule has 0 radical (unpaired) electrons. The van der Waals surface area contributed by atoms with E-state index in [9.17, 15) is 9.59 Å². The maximum Gasteiger partial charge on any atom is 0.265 e. The highest BCUT2D eigenvalue weighted by atomic mass is 32.1. The molecule has 1 aromatic heterocycles. The average molecular weight is 299 g/mol. The van der Waals surface area contributed by atoms with Crippen LogP contribution in [0.5, 0.6) is 0 Å². The molecule has 1 heterocycles. The molecule has 0 atom stereocenters. The van der Waals surface area contributed by atoms with Gasteiger partial charge in [0.15, 0.2) is 5.13 Å². The second kappa shape index (κ2) is 7.09. The number of nitrogen functional groups attached to an aromatic ring is 1. The van der Waals surface area contributed by atoms with Gasteiger partial charge in [0.05, 0.1) is 6.54 Å². The first-order valence-corrected chi connectivity index (χ1v) is 7.21. The van der Waals surface area contributed by atoms with Gasteiger partial charge in [0.1, 0.15) is 10.7 Å². The summed E-state index contributed by atoms with van der Waals surface area (Å²) in [5, 5.41) is 3.27. The van der Waals surface area contributed by atoms with Crippen molar-refractivity contribution in [3.63, 3.8) is 0 Å². The molecular weight excluding hydrogens is 278 g/mol. The Hall–Kier alpha value is -1.83. The fraction of sp³-hybridized carbons (Fsp3) is 0.583. The molecule has 1 aromatic rings. The number of likely N-dealkylation sites (N-methyl/N-ethyl adjacent to an activating group) is 1. The second-order valence-electron chi connectivity index (χ2n) is 4.35. The Bertz CT molecular complexity index is 482. The minimum absolute atomic E-state index is 0.0518. The lowest BCUT2D eigenvalue weighted by molar-refractivity contribution is -0.127. The number of nitrogens with two attached hydrogens (primary N) is 1. The highest BCUT2D eigenvalue weighted by molar-refractivity contribution is 7.18. The Morgan fingerprint density at radius 3 is 2.40 bits per heavy atom. The van der Waals surface area contributed by atoms with Crippen molar-refractivity contribution >= 4 is 34.1 Å². The fourth-order valence-corrected chi connectivity index (χ4v) is 2.54. The lowest BCUT2D eigenvalue weighted by atomic mass is 10.4. The molecule has 3 N–H and O–H groups in total. The molecule has 1 rings (SSSR count). The van der Waals surface area contributed by atoms with Crippen molar-refractivity contribution in [2.45, 2.75) is 13.8 Å². The number of carbonyl (C=O) groups is 2. The summed E-state index contributed by atoms with van der Waals surface area (Å²) in [6, 6.07) is 0. The quantitative estimate of drug-likeness (QED) is 0.793. The van der Waals surface area contributed by atoms with E-state index in [1.807, 2.05) is 18.7 Å². The predicted octanol–water partition coefficient (Wildman–Crippen LogP) is 0.390. The molecule has 0 bridgehead atoms. The summed E-state index contributed by atoms with van der Waals surface area (Å²) in [6.45, 7) is 5.56. The lowest BCUT2D eigenvalue weighted by Gasteiger charge is -2.16. The Balaban J connectivity index is 2.76. The minimum atomic E-state index is -0.367. The van der Waals surface area contributed by atoms with Crippen molar-refractivity contribution in [3.05, 3.63) is 4.88 Å². The van der Waals surface area contributed by atoms with Gasteiger partial charge in [0, 0.05) is 27.2 Å². The molecule has 0 saturated heterocycles. The molecule has 7 nitrogen and oxygen atoms in total. The van der Waals surface area contributed by atoms with Crippen LogP contribution in [0.2, 0.25) is 0 Å². The summed E-state index contributed by atoms with van der Waals surface area (Å²) >= 11 is 1.24. The van der Waals surface area contributed by atoms with E-state index in [1.165, 1.54) is 16.2 Å². The first-order valence-electron chi connectivity index (χ1n) is 6.40. The van der Waals surface area contributed by atoms with E-state index in [2.05, 4.69) is 10.3 Å². The van der Waals surface area contributed by atoms with E-state index in [1.54, 1.807) is 14.1 Å². The molecule has 0 spiro atoms. The number of anilines is 2. The van der Waals surface area contributed by atoms with E-state index in [0.29, 0.717) is 4.88 Å². The molecule has 112 valence electrons. The van der Waals surface area contributed by atoms with Crippen LogP contribution in [-0.2, 0) is 4.79 Å². The second-order valence-corrected chi connectivity index (χ2v) is 5.33. The Morgan fingerprint density at radius 1 is 1.30 bits per heavy atom. The number of nitrogens with zero attached hydrogens (tertiary/aromatic N) is 3. The van der Waals surface area contributed by atoms with Gasteiger partial charge in [-0.25, -0.2) is 4.98 Å². The van der Waals surface area contributed by atoms with Gasteiger partial charge < -0.3 is 20.9 Å². The number of hydrogen-bond acceptors (Lipinski definition) is 6. The highest BCUT2D eigenvalue weighted by Crippen LogP contribution is 2.27. The van der Waals surface area contributed by atoms with Crippen LogP contribution < -0.4 is 16.0 Å². The van der Waals surface area contributed by atoms with E-state index in [4.69, 9.17) is 5.73 Å². The smallest absolute Gasteiger partial charge is 0.265 e. The number of amides is 2. The molecule has 8 heteroatoms. The zero-order valence-electron chi connectivity index (χ0n) is 12.3. The van der Waals surface area contributed by atoms with Crippen molar-refractivity contribution in [1.29, 1.82) is 0 Å². The number of aromatic nitrogens is 1. The predicted molar refractivity (Wildman–Crippen MR) is 81.1 cm³/mol. The van der Waals surface area contributed by atoms with Crippen molar-refractivity contribution in [2.75, 3.05) is 44.4 Å². The third-order valence-electron chi connectivity index (χ3n) is 2.78. The minimum Gasteiger partial charge on any atom is -0.382 e. The van der Waals surface area contributed by atoms with Crippen molar-refractivity contribution < 1.29 is 9.59 Å². The van der Waals surface area contributed by atoms with E-state index < -0.39 is 0 Å². The molecular formula is C12H21N5O2S. The molecule has 0 aliphatic heterocycles. The normalized spacial score (nSPS) is 10.2. The molecule has 0 aliphatic carbocycles. The maximum absolute atomic E-state index is 12.0. The number of rotatable bonds is 6. The highest BCUT2D eigenvalue weighted by Gasteiger charge is 2.19. The number of thiazole rings is 1. The maximum atomic E-state index is 12.0. The summed E-state index contributed by atoms with van der Waals surface area (Å²) in [6.07, 6.45) is 0. The summed E-state index contributed by atoms with van der Waals surface area (Å²) in [4.78, 5) is 31.4. The molecule has 0 unspecified atom stereocenters. The Morgan fingerprint density at radius 2 is 1.90 bits per heavy atom. The van der Waals surface area contributed by atoms with Crippen LogP contribution in [-0.4, -0.2) is 55.4 Å². The SMILES string of the molecule is CCN(CC)c1nc(N)c(C(=O)NCC(=O)N(C)C)s1. The standard InChI is InChI=1S/C12H21N5O2S/c1-5-17(6-2)12-15-10(13)9(20-12)11(19)14-7-8(18)16(3)4/h5-7,13H2,1-4H3,(H,14,19). The largest absolute Gasteiger partial charge is 0.382 e. The van der Waals surface area contributed by atoms with Crippen LogP contribution in [0.4, 0.5) is 10.9 Å². The van der Waals surface area contributed by atoms with Gasteiger partial charge in [0.25, 0.3) is 5.91 Å². The molecule has 0 aromatic carbocycles. The van der Waals surface area contributed by atoms with E-state index in [0.717, 1.165) is 18.2 Å². The molecule has 0 saturated carbocycles. The van der Waals surface area contributed by atoms with Gasteiger partial charge in [-0.1, -0.05) is 11.3 Å². The number of carbonyl (C=O) groups excluding carboxylic acids is 2. The topological polar surface area (TPSA) is 91.6 Å². The first-order chi connectivity index (χ1) is 9.40. The number of nitrogens with one attached hydrogen (secondary N) is 1. The van der Waals surface area contributed by atoms with Crippen molar-refractivity contribution in [2.24, 2.45) is 0 Å². The summed E-state index contributed by atoms with van der Waals surface area (Å²) < 4.78 is 0. The van der Waals surface area contributed by atoms with Crippen molar-refractivity contribution in [3.8, 4) is 0 Å². The van der Waals surface area contributed by atoms with E-state index in [-0.39, 0.29) is 24.2 Å². The van der Waals surface area contributed by atoms with Crippen molar-refractivity contribution in [1.82, 2.24) is 15.2 Å². The van der Waals surface area contributed by atoms with Gasteiger partial charge in [-0.2, -0.15) is 0 Å². The van der Waals surface area contributed by atoms with Crippen LogP contribution in [0.25, 0.3) is 0 Å². The third kappa shape index (κ3) is 3.83. The average Bonchev–Trinajstić information content (AvgIpc) is 2.79. The molecule has 0 fully saturated rings. The summed E-state index contributed by atoms with van der Waals surface area (Å²) in [5.41, 5.74) is 5.77. The summed E-state index contributed by atoms with van der Waals surface area (Å²) in [7, 11) is 3.27. The van der Waals surface area contributed by atoms with Crippen LogP contribution in [0.15, 0.2) is 0 Å². The molecule has 0 aliphatic rings. The van der Waals surface area contributed by atoms with E-state index >= 15 is 0 Å². The van der Waals surface area contributed by atoms with Crippen LogP contribution in [0, 0.1) is 0 Å². The molecule has 2 amide bonds. The summed E-state index contributed by atoms with van der Waals surface area (Å²) in [5.74, 6) is -0.342. The van der Waals surface area contributed by atoms with Crippen LogP contribution in [0.1, 0.15) is 23.5 Å². The van der Waals surface area contributed by atoms with Crippen LogP contribution in [0.3, 0.4) is 0 Å². The zero-order valence-corrected chi connectivity index (χ0v) is 13.1. The zero-order chi connectivity index (χ0) is 15.3. The van der Waals surface area contributed by atoms with Gasteiger partial charge in [-0.3, -0.25) is 9.59 Å². The van der Waals surface area contributed by atoms with Gasteiger partial charge in [-0.15, -0.1) is 0 Å². The van der Waals surface area contributed by atoms with Gasteiger partial charge in [-0.05, 0) is 13.8 Å². The monoisotopic (exact) mass is 299 g/mol. The Labute approximate surface area is 122 Å². The van der Waals surface area contributed by atoms with Crippen LogP contribution >= 0.6 is 11.3 Å². The third-order valence-corrected chi connectivity index (χ3v) is 3.91.